The highest BCUT2D eigenvalue weighted by atomic mass is 15.3. The summed E-state index contributed by atoms with van der Waals surface area (Å²) in [4.78, 5) is 15.9. The molecule has 1 unspecified atom stereocenters. The quantitative estimate of drug-likeness (QED) is 0.560. The minimum Gasteiger partial charge on any atom is -0.351 e. The number of hydrogen-bond donors (Lipinski definition) is 0. The molecule has 0 saturated carbocycles. The van der Waals surface area contributed by atoms with Gasteiger partial charge in [0.05, 0.1) is 17.3 Å². The standard InChI is InChI=1S/C20H21N7/c1-15-21-9-11-25(15)13-17-8-5-10-26(17)19-18-12-24-27(20(18)23-14-22-19)16-6-3-2-4-7-16/h2-4,6-7,9,11-12,14,17H,5,8,10,13H2,1H3. The second-order valence-corrected chi connectivity index (χ2v) is 6.94. The van der Waals surface area contributed by atoms with Gasteiger partial charge in [-0.25, -0.2) is 19.6 Å². The zero-order chi connectivity index (χ0) is 18.2. The van der Waals surface area contributed by atoms with Crippen molar-refractivity contribution in [3.05, 3.63) is 61.1 Å². The maximum Gasteiger partial charge on any atom is 0.168 e. The van der Waals surface area contributed by atoms with Crippen LogP contribution < -0.4 is 4.90 Å². The minimum atomic E-state index is 0.399. The molecule has 1 aromatic carbocycles. The van der Waals surface area contributed by atoms with E-state index in [4.69, 9.17) is 0 Å². The van der Waals surface area contributed by atoms with Crippen LogP contribution in [-0.4, -0.2) is 41.9 Å². The molecule has 4 aromatic rings. The van der Waals surface area contributed by atoms with E-state index >= 15 is 0 Å². The first-order valence-electron chi connectivity index (χ1n) is 9.30. The number of benzene rings is 1. The Morgan fingerprint density at radius 1 is 1.11 bits per heavy atom. The van der Waals surface area contributed by atoms with Crippen LogP contribution in [0, 0.1) is 6.92 Å². The van der Waals surface area contributed by atoms with E-state index in [9.17, 15) is 0 Å². The van der Waals surface area contributed by atoms with Crippen LogP contribution >= 0.6 is 0 Å². The largest absolute Gasteiger partial charge is 0.351 e. The summed E-state index contributed by atoms with van der Waals surface area (Å²) >= 11 is 0. The number of para-hydroxylation sites is 1. The fraction of sp³-hybridized carbons (Fsp3) is 0.300. The van der Waals surface area contributed by atoms with Gasteiger partial charge in [-0.15, -0.1) is 0 Å². The second-order valence-electron chi connectivity index (χ2n) is 6.94. The Labute approximate surface area is 157 Å². The SMILES string of the molecule is Cc1nccn1CC1CCCN1c1ncnc2c1cnn2-c1ccccc1. The molecule has 27 heavy (non-hydrogen) atoms. The molecule has 1 aliphatic rings. The molecule has 7 heteroatoms. The van der Waals surface area contributed by atoms with E-state index in [1.54, 1.807) is 6.33 Å². The summed E-state index contributed by atoms with van der Waals surface area (Å²) in [5, 5.41) is 5.58. The number of aryl methyl sites for hydroxylation is 1. The van der Waals surface area contributed by atoms with E-state index < -0.39 is 0 Å². The van der Waals surface area contributed by atoms with Crippen LogP contribution in [0.4, 0.5) is 5.82 Å². The van der Waals surface area contributed by atoms with Crippen LogP contribution in [-0.2, 0) is 6.54 Å². The molecule has 4 heterocycles. The Morgan fingerprint density at radius 3 is 2.81 bits per heavy atom. The summed E-state index contributed by atoms with van der Waals surface area (Å²) < 4.78 is 4.10. The van der Waals surface area contributed by atoms with Crippen LogP contribution in [0.5, 0.6) is 0 Å². The van der Waals surface area contributed by atoms with E-state index in [0.717, 1.165) is 54.3 Å². The topological polar surface area (TPSA) is 64.7 Å². The van der Waals surface area contributed by atoms with Crippen LogP contribution in [0.1, 0.15) is 18.7 Å². The Kier molecular flexibility index (Phi) is 3.85. The van der Waals surface area contributed by atoms with Crippen molar-refractivity contribution in [3.8, 4) is 5.69 Å². The third kappa shape index (κ3) is 2.75. The zero-order valence-corrected chi connectivity index (χ0v) is 15.2. The highest BCUT2D eigenvalue weighted by molar-refractivity contribution is 5.87. The number of fused-ring (bicyclic) bond motifs is 1. The van der Waals surface area contributed by atoms with Crippen molar-refractivity contribution in [2.75, 3.05) is 11.4 Å². The molecule has 7 nitrogen and oxygen atoms in total. The molecule has 5 rings (SSSR count). The van der Waals surface area contributed by atoms with Crippen LogP contribution in [0.2, 0.25) is 0 Å². The molecule has 1 saturated heterocycles. The van der Waals surface area contributed by atoms with Gasteiger partial charge in [-0.3, -0.25) is 0 Å². The molecule has 1 atom stereocenters. The summed E-state index contributed by atoms with van der Waals surface area (Å²) in [6.45, 7) is 3.97. The maximum atomic E-state index is 4.63. The zero-order valence-electron chi connectivity index (χ0n) is 15.2. The smallest absolute Gasteiger partial charge is 0.168 e. The van der Waals surface area contributed by atoms with Gasteiger partial charge in [0.25, 0.3) is 0 Å². The average Bonchev–Trinajstić information content (AvgIpc) is 3.43. The number of hydrogen-bond acceptors (Lipinski definition) is 5. The minimum absolute atomic E-state index is 0.399. The number of rotatable bonds is 4. The van der Waals surface area contributed by atoms with E-state index in [0.29, 0.717) is 6.04 Å². The molecule has 3 aromatic heterocycles. The van der Waals surface area contributed by atoms with Gasteiger partial charge < -0.3 is 9.47 Å². The van der Waals surface area contributed by atoms with Gasteiger partial charge in [-0.1, -0.05) is 18.2 Å². The third-order valence-corrected chi connectivity index (χ3v) is 5.33. The molecule has 136 valence electrons. The second kappa shape index (κ2) is 6.50. The Morgan fingerprint density at radius 2 is 2.00 bits per heavy atom. The van der Waals surface area contributed by atoms with Crippen LogP contribution in [0.3, 0.4) is 0 Å². The van der Waals surface area contributed by atoms with Gasteiger partial charge in [-0.2, -0.15) is 5.10 Å². The Bertz CT molecular complexity index is 1070. The molecule has 0 N–H and O–H groups in total. The monoisotopic (exact) mass is 359 g/mol. The van der Waals surface area contributed by atoms with Crippen LogP contribution in [0.15, 0.2) is 55.2 Å². The van der Waals surface area contributed by atoms with Gasteiger partial charge in [0, 0.05) is 31.5 Å². The molecule has 0 bridgehead atoms. The normalized spacial score (nSPS) is 17.1. The number of anilines is 1. The fourth-order valence-electron chi connectivity index (χ4n) is 3.95. The van der Waals surface area contributed by atoms with Crippen molar-refractivity contribution in [2.24, 2.45) is 0 Å². The lowest BCUT2D eigenvalue weighted by molar-refractivity contribution is 0.539. The first kappa shape index (κ1) is 16.0. The predicted octanol–water partition coefficient (Wildman–Crippen LogP) is 2.99. The van der Waals surface area contributed by atoms with Crippen molar-refractivity contribution < 1.29 is 0 Å². The third-order valence-electron chi connectivity index (χ3n) is 5.33. The lowest BCUT2D eigenvalue weighted by Gasteiger charge is -2.26. The lowest BCUT2D eigenvalue weighted by atomic mass is 10.2. The lowest BCUT2D eigenvalue weighted by Crippen LogP contribution is -2.33. The summed E-state index contributed by atoms with van der Waals surface area (Å²) in [5.74, 6) is 2.02. The summed E-state index contributed by atoms with van der Waals surface area (Å²) in [5.41, 5.74) is 1.85. The Balaban J connectivity index is 1.53. The first-order chi connectivity index (χ1) is 13.3. The number of imidazole rings is 1. The van der Waals surface area contributed by atoms with E-state index in [1.807, 2.05) is 54.3 Å². The van der Waals surface area contributed by atoms with E-state index in [1.165, 1.54) is 0 Å². The van der Waals surface area contributed by atoms with Crippen molar-refractivity contribution in [2.45, 2.75) is 32.4 Å². The highest BCUT2D eigenvalue weighted by Gasteiger charge is 2.28. The molecule has 1 fully saturated rings. The van der Waals surface area contributed by atoms with Crippen molar-refractivity contribution in [1.29, 1.82) is 0 Å². The molecule has 0 amide bonds. The van der Waals surface area contributed by atoms with Gasteiger partial charge in [0.2, 0.25) is 0 Å². The summed E-state index contributed by atoms with van der Waals surface area (Å²) in [7, 11) is 0. The van der Waals surface area contributed by atoms with Gasteiger partial charge in [0.15, 0.2) is 5.65 Å². The predicted molar refractivity (Wildman–Crippen MR) is 104 cm³/mol. The maximum absolute atomic E-state index is 4.63. The first-order valence-corrected chi connectivity index (χ1v) is 9.30. The van der Waals surface area contributed by atoms with Crippen molar-refractivity contribution in [1.82, 2.24) is 29.3 Å². The molecule has 0 spiro atoms. The summed E-state index contributed by atoms with van der Waals surface area (Å²) in [6, 6.07) is 10.5. The van der Waals surface area contributed by atoms with Gasteiger partial charge >= 0.3 is 0 Å². The molecule has 0 radical (unpaired) electrons. The summed E-state index contributed by atoms with van der Waals surface area (Å²) in [6.07, 6.45) is 9.76. The van der Waals surface area contributed by atoms with E-state index in [-0.39, 0.29) is 0 Å². The van der Waals surface area contributed by atoms with Crippen molar-refractivity contribution >= 4 is 16.9 Å². The number of nitrogens with zero attached hydrogens (tertiary/aromatic N) is 7. The molecule has 0 aliphatic carbocycles. The fourth-order valence-corrected chi connectivity index (χ4v) is 3.95. The Hall–Kier alpha value is -3.22. The highest BCUT2D eigenvalue weighted by Crippen LogP contribution is 2.31. The average molecular weight is 359 g/mol. The molecular weight excluding hydrogens is 338 g/mol. The van der Waals surface area contributed by atoms with E-state index in [2.05, 4.69) is 35.7 Å². The molecular formula is C20H21N7. The molecule has 1 aliphatic heterocycles. The van der Waals surface area contributed by atoms with Gasteiger partial charge in [-0.05, 0) is 31.9 Å². The van der Waals surface area contributed by atoms with Crippen molar-refractivity contribution in [3.63, 3.8) is 0 Å². The van der Waals surface area contributed by atoms with Crippen LogP contribution in [0.25, 0.3) is 16.7 Å². The van der Waals surface area contributed by atoms with Gasteiger partial charge in [0.1, 0.15) is 18.0 Å². The number of aromatic nitrogens is 6.